The number of hydrogen-bond acceptors (Lipinski definition) is 8. The lowest BCUT2D eigenvalue weighted by atomic mass is 10.2. The first-order valence-corrected chi connectivity index (χ1v) is 14.7. The van der Waals surface area contributed by atoms with Gasteiger partial charge in [-0.1, -0.05) is 29.5 Å². The van der Waals surface area contributed by atoms with Gasteiger partial charge in [-0.15, -0.1) is 0 Å². The molecule has 10 nitrogen and oxygen atoms in total. The van der Waals surface area contributed by atoms with E-state index in [0.29, 0.717) is 34.4 Å². The Bertz CT molecular complexity index is 1810. The molecule has 3 aromatic carbocycles. The fraction of sp³-hybridized carbons (Fsp3) is 0.214. The molecule has 206 valence electrons. The number of ether oxygens (including phenoxy) is 2. The molecule has 0 unspecified atom stereocenters. The molecule has 0 saturated carbocycles. The number of thiazole rings is 1. The van der Waals surface area contributed by atoms with E-state index in [-0.39, 0.29) is 28.4 Å². The predicted octanol–water partition coefficient (Wildman–Crippen LogP) is 3.55. The second kappa shape index (κ2) is 11.1. The van der Waals surface area contributed by atoms with Crippen molar-refractivity contribution in [1.82, 2.24) is 4.57 Å². The van der Waals surface area contributed by atoms with E-state index < -0.39 is 27.9 Å². The minimum atomic E-state index is -3.81. The maximum Gasteiger partial charge on any atom is 0.338 e. The van der Waals surface area contributed by atoms with Gasteiger partial charge >= 0.3 is 11.9 Å². The predicted molar refractivity (Wildman–Crippen MR) is 149 cm³/mol. The van der Waals surface area contributed by atoms with Gasteiger partial charge in [0.05, 0.1) is 40.1 Å². The molecule has 0 N–H and O–H groups in total. The number of benzene rings is 3. The Morgan fingerprint density at radius 1 is 1.00 bits per heavy atom. The van der Waals surface area contributed by atoms with E-state index in [1.165, 1.54) is 40.2 Å². The SMILES string of the molecule is CCOC(=O)c1ccc2c(c1)sc(=NC(=O)c1ccc(S(=O)(=O)N3CCc4ccccc43)cc1)n2CC(=O)OC. The van der Waals surface area contributed by atoms with Crippen molar-refractivity contribution in [1.29, 1.82) is 0 Å². The molecule has 2 heterocycles. The van der Waals surface area contributed by atoms with Crippen LogP contribution in [0.1, 0.15) is 33.2 Å². The Morgan fingerprint density at radius 2 is 1.73 bits per heavy atom. The lowest BCUT2D eigenvalue weighted by molar-refractivity contribution is -0.141. The van der Waals surface area contributed by atoms with Crippen LogP contribution < -0.4 is 9.11 Å². The van der Waals surface area contributed by atoms with Gasteiger partial charge in [0.2, 0.25) is 0 Å². The quantitative estimate of drug-likeness (QED) is 0.307. The molecule has 0 atom stereocenters. The van der Waals surface area contributed by atoms with Crippen LogP contribution in [0.25, 0.3) is 10.2 Å². The van der Waals surface area contributed by atoms with Crippen LogP contribution in [0.2, 0.25) is 0 Å². The van der Waals surface area contributed by atoms with Crippen molar-refractivity contribution >= 4 is 55.1 Å². The van der Waals surface area contributed by atoms with Crippen LogP contribution in [0.4, 0.5) is 5.69 Å². The van der Waals surface area contributed by atoms with Crippen LogP contribution in [0.15, 0.2) is 76.6 Å². The van der Waals surface area contributed by atoms with E-state index in [2.05, 4.69) is 4.99 Å². The molecule has 1 aliphatic rings. The largest absolute Gasteiger partial charge is 0.468 e. The van der Waals surface area contributed by atoms with E-state index in [9.17, 15) is 22.8 Å². The number of carbonyl (C=O) groups excluding carboxylic acids is 3. The van der Waals surface area contributed by atoms with E-state index >= 15 is 0 Å². The normalized spacial score (nSPS) is 13.3. The first-order valence-electron chi connectivity index (χ1n) is 12.4. The van der Waals surface area contributed by atoms with Crippen molar-refractivity contribution in [2.45, 2.75) is 24.8 Å². The zero-order valence-corrected chi connectivity index (χ0v) is 23.3. The Hall–Kier alpha value is -4.29. The summed E-state index contributed by atoms with van der Waals surface area (Å²) in [7, 11) is -2.55. The fourth-order valence-corrected chi connectivity index (χ4v) is 7.02. The maximum atomic E-state index is 13.3. The second-order valence-corrected chi connectivity index (χ2v) is 11.7. The van der Waals surface area contributed by atoms with E-state index in [0.717, 1.165) is 16.9 Å². The minimum absolute atomic E-state index is 0.0647. The van der Waals surface area contributed by atoms with E-state index in [1.807, 2.05) is 12.1 Å². The standard InChI is InChI=1S/C28H25N3O7S2/c1-3-38-27(34)20-10-13-23-24(16-20)39-28(30(23)17-25(32)37-2)29-26(33)19-8-11-21(12-9-19)40(35,36)31-15-14-18-6-4-5-7-22(18)31/h4-13,16H,3,14-15,17H2,1-2H3. The number of esters is 2. The summed E-state index contributed by atoms with van der Waals surface area (Å²) in [5, 5.41) is 0. The highest BCUT2D eigenvalue weighted by atomic mass is 32.2. The van der Waals surface area contributed by atoms with Gasteiger partial charge in [0, 0.05) is 12.1 Å². The third kappa shape index (κ3) is 5.15. The molecule has 4 aromatic rings. The smallest absolute Gasteiger partial charge is 0.338 e. The molecule has 5 rings (SSSR count). The van der Waals surface area contributed by atoms with Crippen LogP contribution in [-0.4, -0.2) is 51.1 Å². The van der Waals surface area contributed by atoms with Crippen molar-refractivity contribution < 1.29 is 32.3 Å². The second-order valence-electron chi connectivity index (χ2n) is 8.85. The molecule has 1 aliphatic heterocycles. The summed E-state index contributed by atoms with van der Waals surface area (Å²) in [5.74, 6) is -1.65. The molecule has 1 aromatic heterocycles. The van der Waals surface area contributed by atoms with E-state index in [4.69, 9.17) is 9.47 Å². The molecular weight excluding hydrogens is 554 g/mol. The van der Waals surface area contributed by atoms with E-state index in [1.54, 1.807) is 37.3 Å². The van der Waals surface area contributed by atoms with Crippen LogP contribution >= 0.6 is 11.3 Å². The fourth-order valence-electron chi connectivity index (χ4n) is 4.45. The highest BCUT2D eigenvalue weighted by Gasteiger charge is 2.30. The zero-order chi connectivity index (χ0) is 28.4. The molecule has 0 bridgehead atoms. The highest BCUT2D eigenvalue weighted by molar-refractivity contribution is 7.92. The average molecular weight is 580 g/mol. The number of para-hydroxylation sites is 1. The summed E-state index contributed by atoms with van der Waals surface area (Å²) >= 11 is 1.12. The third-order valence-corrected chi connectivity index (χ3v) is 9.31. The molecule has 1 amide bonds. The topological polar surface area (TPSA) is 124 Å². The monoisotopic (exact) mass is 579 g/mol. The number of hydrogen-bond donors (Lipinski definition) is 0. The number of carbonyl (C=O) groups is 3. The van der Waals surface area contributed by atoms with Crippen molar-refractivity contribution in [3.63, 3.8) is 0 Å². The summed E-state index contributed by atoms with van der Waals surface area (Å²) in [6.45, 7) is 2.09. The van der Waals surface area contributed by atoms with Crippen molar-refractivity contribution in [3.05, 3.63) is 88.2 Å². The van der Waals surface area contributed by atoms with Gasteiger partial charge in [0.1, 0.15) is 6.54 Å². The molecule has 0 aliphatic carbocycles. The minimum Gasteiger partial charge on any atom is -0.468 e. The Morgan fingerprint density at radius 3 is 2.45 bits per heavy atom. The van der Waals surface area contributed by atoms with Crippen molar-refractivity contribution in [2.75, 3.05) is 24.6 Å². The van der Waals surface area contributed by atoms with Crippen molar-refractivity contribution in [3.8, 4) is 0 Å². The van der Waals surface area contributed by atoms with Crippen LogP contribution in [-0.2, 0) is 37.3 Å². The number of fused-ring (bicyclic) bond motifs is 2. The van der Waals surface area contributed by atoms with Gasteiger partial charge < -0.3 is 14.0 Å². The van der Waals surface area contributed by atoms with Gasteiger partial charge in [0.15, 0.2) is 4.80 Å². The van der Waals surface area contributed by atoms with Gasteiger partial charge in [-0.3, -0.25) is 13.9 Å². The Labute approximate surface area is 234 Å². The third-order valence-electron chi connectivity index (χ3n) is 6.44. The van der Waals surface area contributed by atoms with Gasteiger partial charge in [-0.25, -0.2) is 13.2 Å². The summed E-state index contributed by atoms with van der Waals surface area (Å²) < 4.78 is 40.0. The summed E-state index contributed by atoms with van der Waals surface area (Å²) in [6.07, 6.45) is 0.632. The number of anilines is 1. The first kappa shape index (κ1) is 27.3. The molecule has 0 fully saturated rings. The lowest BCUT2D eigenvalue weighted by Gasteiger charge is -2.19. The van der Waals surface area contributed by atoms with Gasteiger partial charge in [-0.05, 0) is 67.4 Å². The number of methoxy groups -OCH3 is 1. The Balaban J connectivity index is 1.47. The number of sulfonamides is 1. The molecule has 40 heavy (non-hydrogen) atoms. The highest BCUT2D eigenvalue weighted by Crippen LogP contribution is 2.32. The number of amides is 1. The van der Waals surface area contributed by atoms with Crippen LogP contribution in [0.5, 0.6) is 0 Å². The van der Waals surface area contributed by atoms with Gasteiger partial charge in [0.25, 0.3) is 15.9 Å². The maximum absolute atomic E-state index is 13.3. The lowest BCUT2D eigenvalue weighted by Crippen LogP contribution is -2.29. The zero-order valence-electron chi connectivity index (χ0n) is 21.7. The molecule has 12 heteroatoms. The molecule has 0 radical (unpaired) electrons. The Kier molecular flexibility index (Phi) is 7.55. The summed E-state index contributed by atoms with van der Waals surface area (Å²) in [6, 6.07) is 17.8. The molecule has 0 saturated heterocycles. The average Bonchev–Trinajstić information content (AvgIpc) is 3.54. The molecular formula is C28H25N3O7S2. The summed E-state index contributed by atoms with van der Waals surface area (Å²) in [4.78, 5) is 41.9. The number of aromatic nitrogens is 1. The summed E-state index contributed by atoms with van der Waals surface area (Å²) in [5.41, 5.74) is 2.71. The van der Waals surface area contributed by atoms with Crippen LogP contribution in [0, 0.1) is 0 Å². The molecule has 0 spiro atoms. The number of nitrogens with zero attached hydrogens (tertiary/aromatic N) is 3. The van der Waals surface area contributed by atoms with Gasteiger partial charge in [-0.2, -0.15) is 4.99 Å². The van der Waals surface area contributed by atoms with Crippen LogP contribution in [0.3, 0.4) is 0 Å². The number of rotatable bonds is 7. The first-order chi connectivity index (χ1) is 19.2. The van der Waals surface area contributed by atoms with Crippen molar-refractivity contribution in [2.24, 2.45) is 4.99 Å².